The number of nitrogens with zero attached hydrogens (tertiary/aromatic N) is 1. The third-order valence-corrected chi connectivity index (χ3v) is 4.25. The van der Waals surface area contributed by atoms with Gasteiger partial charge in [-0.2, -0.15) is 8.78 Å². The van der Waals surface area contributed by atoms with Gasteiger partial charge in [0.2, 0.25) is 0 Å². The first-order valence-corrected chi connectivity index (χ1v) is 9.80. The number of rotatable bonds is 9. The van der Waals surface area contributed by atoms with E-state index in [2.05, 4.69) is 20.4 Å². The summed E-state index contributed by atoms with van der Waals surface area (Å²) in [5, 5.41) is 23.1. The van der Waals surface area contributed by atoms with Gasteiger partial charge in [-0.1, -0.05) is 12.1 Å². The van der Waals surface area contributed by atoms with Crippen LogP contribution in [-0.4, -0.2) is 53.9 Å². The van der Waals surface area contributed by atoms with E-state index in [4.69, 9.17) is 10.5 Å². The first-order valence-electron chi connectivity index (χ1n) is 9.80. The van der Waals surface area contributed by atoms with Crippen molar-refractivity contribution in [2.75, 3.05) is 12.4 Å². The molecule has 2 rings (SSSR count). The van der Waals surface area contributed by atoms with Gasteiger partial charge in [0.05, 0.1) is 17.5 Å². The molecule has 0 aliphatic heterocycles. The van der Waals surface area contributed by atoms with E-state index in [1.165, 1.54) is 24.4 Å². The molecule has 7 nitrogen and oxygen atoms in total. The molecule has 2 aromatic rings. The zero-order valence-electron chi connectivity index (χ0n) is 18.3. The van der Waals surface area contributed by atoms with Crippen molar-refractivity contribution in [1.29, 1.82) is 5.41 Å². The zero-order chi connectivity index (χ0) is 23.6. The van der Waals surface area contributed by atoms with Gasteiger partial charge >= 0.3 is 6.61 Å². The number of halogens is 2. The standard InChI is InChI=1S/C17H17F2N3O2.C5H13NO/c1-10(2)22-14-6-11(9-23)8-21-16(14)15(20)12-4-3-5-13(7-12)24-17(18)19;1-4(6-3)5(2)7/h3-10,17,20,22H,1-2H3;4-7H,1-3H3/t;4-,5-/m.1/s1. The number of aliphatic hydroxyl groups excluding tert-OH is 1. The van der Waals surface area contributed by atoms with Crippen molar-refractivity contribution >= 4 is 17.7 Å². The zero-order valence-corrected chi connectivity index (χ0v) is 18.3. The third kappa shape index (κ3) is 8.77. The second kappa shape index (κ2) is 12.7. The lowest BCUT2D eigenvalue weighted by Gasteiger charge is -2.15. The maximum absolute atomic E-state index is 12.3. The predicted molar refractivity (Wildman–Crippen MR) is 118 cm³/mol. The number of carbonyl (C=O) groups excluding carboxylic acids is 1. The molecule has 0 aliphatic rings. The molecule has 2 atom stereocenters. The highest BCUT2D eigenvalue weighted by Crippen LogP contribution is 2.22. The fourth-order valence-electron chi connectivity index (χ4n) is 2.37. The molecular formula is C22H30F2N4O3. The maximum Gasteiger partial charge on any atom is 0.387 e. The van der Waals surface area contributed by atoms with Gasteiger partial charge < -0.3 is 20.5 Å². The van der Waals surface area contributed by atoms with Crippen LogP contribution in [0.5, 0.6) is 5.75 Å². The van der Waals surface area contributed by atoms with Crippen LogP contribution in [0.1, 0.15) is 49.3 Å². The summed E-state index contributed by atoms with van der Waals surface area (Å²) in [6.07, 6.45) is 1.79. The van der Waals surface area contributed by atoms with E-state index in [0.29, 0.717) is 28.8 Å². The number of alkyl halides is 2. The summed E-state index contributed by atoms with van der Waals surface area (Å²) in [6.45, 7) is 4.60. The van der Waals surface area contributed by atoms with Crippen LogP contribution in [0.2, 0.25) is 0 Å². The van der Waals surface area contributed by atoms with Crippen LogP contribution in [0.15, 0.2) is 36.5 Å². The molecule has 0 spiro atoms. The predicted octanol–water partition coefficient (Wildman–Crippen LogP) is 3.71. The van der Waals surface area contributed by atoms with E-state index >= 15 is 0 Å². The molecule has 0 bridgehead atoms. The molecule has 0 fully saturated rings. The summed E-state index contributed by atoms with van der Waals surface area (Å²) in [5.41, 5.74) is 1.65. The Morgan fingerprint density at radius 1 is 1.23 bits per heavy atom. The Balaban J connectivity index is 0.000000592. The number of hydrogen-bond donors (Lipinski definition) is 4. The smallest absolute Gasteiger partial charge is 0.387 e. The van der Waals surface area contributed by atoms with Crippen molar-refractivity contribution in [2.24, 2.45) is 0 Å². The maximum atomic E-state index is 12.3. The Hall–Kier alpha value is -2.91. The van der Waals surface area contributed by atoms with Crippen molar-refractivity contribution in [2.45, 2.75) is 52.5 Å². The van der Waals surface area contributed by atoms with Crippen LogP contribution < -0.4 is 15.4 Å². The summed E-state index contributed by atoms with van der Waals surface area (Å²) in [5.74, 6) is -0.0323. The molecule has 0 radical (unpaired) electrons. The minimum atomic E-state index is -2.93. The number of anilines is 1. The molecule has 170 valence electrons. The highest BCUT2D eigenvalue weighted by Gasteiger charge is 2.15. The number of benzene rings is 1. The van der Waals surface area contributed by atoms with Gasteiger partial charge in [-0.05, 0) is 52.9 Å². The van der Waals surface area contributed by atoms with Crippen molar-refractivity contribution in [1.82, 2.24) is 10.3 Å². The topological polar surface area (TPSA) is 107 Å². The van der Waals surface area contributed by atoms with Crippen molar-refractivity contribution in [3.05, 3.63) is 53.3 Å². The Kier molecular flexibility index (Phi) is 10.7. The van der Waals surface area contributed by atoms with Gasteiger partial charge in [0.1, 0.15) is 11.4 Å². The lowest BCUT2D eigenvalue weighted by atomic mass is 10.0. The number of hydrogen-bond acceptors (Lipinski definition) is 7. The van der Waals surface area contributed by atoms with E-state index in [1.807, 2.05) is 27.8 Å². The van der Waals surface area contributed by atoms with Crippen LogP contribution in [0.3, 0.4) is 0 Å². The van der Waals surface area contributed by atoms with E-state index in [-0.39, 0.29) is 29.6 Å². The summed E-state index contributed by atoms with van der Waals surface area (Å²) in [7, 11) is 1.83. The summed E-state index contributed by atoms with van der Waals surface area (Å²) >= 11 is 0. The number of pyridine rings is 1. The molecule has 1 heterocycles. The second-order valence-corrected chi connectivity index (χ2v) is 7.18. The first kappa shape index (κ1) is 26.1. The van der Waals surface area contributed by atoms with E-state index in [9.17, 15) is 13.6 Å². The second-order valence-electron chi connectivity index (χ2n) is 7.18. The van der Waals surface area contributed by atoms with Crippen molar-refractivity contribution < 1.29 is 23.4 Å². The molecule has 4 N–H and O–H groups in total. The lowest BCUT2D eigenvalue weighted by molar-refractivity contribution is -0.0498. The average molecular weight is 437 g/mol. The molecule has 9 heteroatoms. The number of nitrogens with one attached hydrogen (secondary N) is 3. The average Bonchev–Trinajstić information content (AvgIpc) is 2.72. The summed E-state index contributed by atoms with van der Waals surface area (Å²) < 4.78 is 29.0. The quantitative estimate of drug-likeness (QED) is 0.353. The van der Waals surface area contributed by atoms with Gasteiger partial charge in [-0.25, -0.2) is 0 Å². The van der Waals surface area contributed by atoms with Gasteiger partial charge in [-0.15, -0.1) is 0 Å². The molecule has 0 saturated heterocycles. The summed E-state index contributed by atoms with van der Waals surface area (Å²) in [4.78, 5) is 15.1. The van der Waals surface area contributed by atoms with Gasteiger partial charge in [-0.3, -0.25) is 15.2 Å². The number of likely N-dealkylation sites (N-methyl/N-ethyl adjacent to an activating group) is 1. The number of carbonyl (C=O) groups is 1. The highest BCUT2D eigenvalue weighted by molar-refractivity contribution is 6.13. The first-order chi connectivity index (χ1) is 14.6. The normalized spacial score (nSPS) is 12.6. The molecule has 0 unspecified atom stereocenters. The fraction of sp³-hybridized carbons (Fsp3) is 0.409. The minimum absolute atomic E-state index is 0.0323. The SMILES string of the molecule is CC(C)Nc1cc(C=O)cnc1C(=N)c1cccc(OC(F)F)c1.CN[C@H](C)[C@@H](C)O. The third-order valence-electron chi connectivity index (χ3n) is 4.25. The lowest BCUT2D eigenvalue weighted by Crippen LogP contribution is -2.32. The van der Waals surface area contributed by atoms with Crippen LogP contribution in [-0.2, 0) is 0 Å². The molecule has 1 aromatic heterocycles. The Morgan fingerprint density at radius 3 is 2.39 bits per heavy atom. The number of aliphatic hydroxyl groups is 1. The van der Waals surface area contributed by atoms with E-state index in [0.717, 1.165) is 0 Å². The fourth-order valence-corrected chi connectivity index (χ4v) is 2.37. The molecule has 0 aliphatic carbocycles. The van der Waals surface area contributed by atoms with E-state index < -0.39 is 6.61 Å². The Bertz CT molecular complexity index is 860. The molecule has 0 saturated carbocycles. The monoisotopic (exact) mass is 436 g/mol. The Labute approximate surface area is 181 Å². The number of aldehydes is 1. The largest absolute Gasteiger partial charge is 0.435 e. The van der Waals surface area contributed by atoms with Crippen molar-refractivity contribution in [3.8, 4) is 5.75 Å². The molecule has 31 heavy (non-hydrogen) atoms. The highest BCUT2D eigenvalue weighted by atomic mass is 19.3. The molecule has 1 aromatic carbocycles. The number of aromatic nitrogens is 1. The minimum Gasteiger partial charge on any atom is -0.435 e. The van der Waals surface area contributed by atoms with Gasteiger partial charge in [0.25, 0.3) is 0 Å². The van der Waals surface area contributed by atoms with Crippen molar-refractivity contribution in [3.63, 3.8) is 0 Å². The van der Waals surface area contributed by atoms with Crippen LogP contribution in [0.4, 0.5) is 14.5 Å². The van der Waals surface area contributed by atoms with E-state index in [1.54, 1.807) is 19.1 Å². The molecular weight excluding hydrogens is 406 g/mol. The van der Waals surface area contributed by atoms with Gasteiger partial charge in [0.15, 0.2) is 6.29 Å². The molecule has 0 amide bonds. The van der Waals surface area contributed by atoms with Crippen LogP contribution in [0, 0.1) is 5.41 Å². The van der Waals surface area contributed by atoms with Crippen LogP contribution >= 0.6 is 0 Å². The van der Waals surface area contributed by atoms with Crippen LogP contribution in [0.25, 0.3) is 0 Å². The Morgan fingerprint density at radius 2 is 1.90 bits per heavy atom. The van der Waals surface area contributed by atoms with Gasteiger partial charge in [0, 0.05) is 29.4 Å². The number of ether oxygens (including phenoxy) is 1. The summed E-state index contributed by atoms with van der Waals surface area (Å²) in [6, 6.07) is 7.74.